The maximum absolute atomic E-state index is 12.5. The first-order chi connectivity index (χ1) is 11.7. The molecule has 1 saturated heterocycles. The van der Waals surface area contributed by atoms with Crippen LogP contribution >= 0.6 is 0 Å². The van der Waals surface area contributed by atoms with Crippen LogP contribution < -0.4 is 11.1 Å². The van der Waals surface area contributed by atoms with E-state index in [4.69, 9.17) is 5.73 Å². The number of urea groups is 1. The Kier molecular flexibility index (Phi) is 4.15. The van der Waals surface area contributed by atoms with Crippen molar-refractivity contribution < 1.29 is 4.79 Å². The van der Waals surface area contributed by atoms with Gasteiger partial charge in [0.15, 0.2) is 0 Å². The van der Waals surface area contributed by atoms with Crippen LogP contribution in [0.25, 0.3) is 10.8 Å². The summed E-state index contributed by atoms with van der Waals surface area (Å²) in [6.07, 6.45) is 3.20. The quantitative estimate of drug-likeness (QED) is 0.912. The number of nitrogens with one attached hydrogen (secondary N) is 1. The van der Waals surface area contributed by atoms with Gasteiger partial charge in [0.05, 0.1) is 0 Å². The maximum Gasteiger partial charge on any atom is 0.317 e. The highest BCUT2D eigenvalue weighted by atomic mass is 16.2. The summed E-state index contributed by atoms with van der Waals surface area (Å²) in [6.45, 7) is 2.31. The highest BCUT2D eigenvalue weighted by molar-refractivity contribution is 5.85. The van der Waals surface area contributed by atoms with E-state index < -0.39 is 0 Å². The minimum absolute atomic E-state index is 0.0686. The number of carbonyl (C=O) groups is 1. The summed E-state index contributed by atoms with van der Waals surface area (Å²) in [7, 11) is 0. The number of fused-ring (bicyclic) bond motifs is 3. The molecule has 0 aromatic heterocycles. The van der Waals surface area contributed by atoms with E-state index in [-0.39, 0.29) is 6.03 Å². The van der Waals surface area contributed by atoms with Crippen LogP contribution in [0.1, 0.15) is 18.4 Å². The lowest BCUT2D eigenvalue weighted by Gasteiger charge is -2.36. The number of benzene rings is 2. The van der Waals surface area contributed by atoms with Gasteiger partial charge in [-0.1, -0.05) is 42.5 Å². The van der Waals surface area contributed by atoms with Crippen LogP contribution in [0.4, 0.5) is 4.79 Å². The highest BCUT2D eigenvalue weighted by Gasteiger charge is 2.41. The molecule has 0 radical (unpaired) electrons. The molecule has 2 aromatic rings. The first-order valence-electron chi connectivity index (χ1n) is 8.97. The molecule has 126 valence electrons. The van der Waals surface area contributed by atoms with Gasteiger partial charge in [-0.15, -0.1) is 0 Å². The van der Waals surface area contributed by atoms with Crippen LogP contribution in [0.3, 0.4) is 0 Å². The molecule has 1 aliphatic carbocycles. The van der Waals surface area contributed by atoms with Crippen molar-refractivity contribution in [2.75, 3.05) is 19.6 Å². The largest absolute Gasteiger partial charge is 0.338 e. The number of piperidine rings is 1. The van der Waals surface area contributed by atoms with Gasteiger partial charge in [-0.25, -0.2) is 4.79 Å². The van der Waals surface area contributed by atoms with Gasteiger partial charge in [-0.05, 0) is 47.4 Å². The van der Waals surface area contributed by atoms with Crippen molar-refractivity contribution in [2.24, 2.45) is 17.6 Å². The van der Waals surface area contributed by atoms with E-state index in [1.165, 1.54) is 29.2 Å². The van der Waals surface area contributed by atoms with Gasteiger partial charge < -0.3 is 16.0 Å². The summed E-state index contributed by atoms with van der Waals surface area (Å²) >= 11 is 0. The predicted molar refractivity (Wildman–Crippen MR) is 96.8 cm³/mol. The number of amides is 2. The van der Waals surface area contributed by atoms with Crippen LogP contribution in [0.2, 0.25) is 0 Å². The molecule has 1 heterocycles. The Morgan fingerprint density at radius 3 is 2.58 bits per heavy atom. The van der Waals surface area contributed by atoms with Gasteiger partial charge in [-0.3, -0.25) is 0 Å². The number of hydrogen-bond acceptors (Lipinski definition) is 2. The molecule has 2 amide bonds. The van der Waals surface area contributed by atoms with E-state index in [2.05, 4.69) is 47.8 Å². The van der Waals surface area contributed by atoms with Crippen LogP contribution in [0, 0.1) is 11.8 Å². The zero-order chi connectivity index (χ0) is 16.5. The van der Waals surface area contributed by atoms with E-state index in [0.717, 1.165) is 19.5 Å². The fraction of sp³-hybridized carbons (Fsp3) is 0.450. The van der Waals surface area contributed by atoms with Crippen molar-refractivity contribution >= 4 is 16.8 Å². The maximum atomic E-state index is 12.5. The Hall–Kier alpha value is -2.07. The second-order valence-corrected chi connectivity index (χ2v) is 7.20. The fourth-order valence-electron chi connectivity index (χ4n) is 4.36. The molecule has 3 N–H and O–H groups in total. The number of nitrogens with two attached hydrogens (primary N) is 1. The van der Waals surface area contributed by atoms with Gasteiger partial charge in [-0.2, -0.15) is 0 Å². The van der Waals surface area contributed by atoms with E-state index >= 15 is 0 Å². The Labute approximate surface area is 143 Å². The van der Waals surface area contributed by atoms with Gasteiger partial charge in [0.2, 0.25) is 0 Å². The molecule has 2 aliphatic rings. The van der Waals surface area contributed by atoms with E-state index in [1.54, 1.807) is 0 Å². The van der Waals surface area contributed by atoms with Crippen molar-refractivity contribution in [1.29, 1.82) is 0 Å². The number of carbonyl (C=O) groups excluding carboxylic acids is 1. The highest BCUT2D eigenvalue weighted by Crippen LogP contribution is 2.35. The molecule has 4 heteroatoms. The molecular formula is C20H25N3O. The summed E-state index contributed by atoms with van der Waals surface area (Å²) in [4.78, 5) is 14.4. The minimum Gasteiger partial charge on any atom is -0.338 e. The van der Waals surface area contributed by atoms with Gasteiger partial charge >= 0.3 is 6.03 Å². The summed E-state index contributed by atoms with van der Waals surface area (Å²) < 4.78 is 0. The van der Waals surface area contributed by atoms with E-state index in [9.17, 15) is 4.79 Å². The SMILES string of the molecule is NC1C2CCC1CN(C(=O)NCCc1cccc3ccccc13)C2. The summed E-state index contributed by atoms with van der Waals surface area (Å²) in [6, 6.07) is 15.1. The lowest BCUT2D eigenvalue weighted by atomic mass is 9.93. The van der Waals surface area contributed by atoms with Crippen molar-refractivity contribution in [3.05, 3.63) is 48.0 Å². The van der Waals surface area contributed by atoms with Crippen LogP contribution in [0.15, 0.2) is 42.5 Å². The summed E-state index contributed by atoms with van der Waals surface area (Å²) in [5.41, 5.74) is 7.50. The molecule has 1 aliphatic heterocycles. The normalized spacial score (nSPS) is 25.9. The number of likely N-dealkylation sites (tertiary alicyclic amines) is 1. The van der Waals surface area contributed by atoms with Crippen molar-refractivity contribution in [3.8, 4) is 0 Å². The van der Waals surface area contributed by atoms with E-state index in [0.29, 0.717) is 24.4 Å². The molecule has 2 bridgehead atoms. The molecule has 2 fully saturated rings. The molecule has 4 nitrogen and oxygen atoms in total. The standard InChI is InChI=1S/C20H25N3O/c21-19-16-8-9-17(19)13-23(12-16)20(24)22-11-10-15-6-3-5-14-4-1-2-7-18(14)15/h1-7,16-17,19H,8-13,21H2,(H,22,24). The smallest absolute Gasteiger partial charge is 0.317 e. The lowest BCUT2D eigenvalue weighted by molar-refractivity contribution is 0.150. The monoisotopic (exact) mass is 323 g/mol. The zero-order valence-electron chi connectivity index (χ0n) is 13.9. The molecule has 4 rings (SSSR count). The summed E-state index contributed by atoms with van der Waals surface area (Å²) in [5, 5.41) is 5.62. The first-order valence-corrected chi connectivity index (χ1v) is 8.97. The molecule has 0 spiro atoms. The molecule has 2 atom stereocenters. The third-order valence-electron chi connectivity index (χ3n) is 5.74. The Morgan fingerprint density at radius 1 is 1.08 bits per heavy atom. The second-order valence-electron chi connectivity index (χ2n) is 7.20. The lowest BCUT2D eigenvalue weighted by Crippen LogP contribution is -2.53. The molecule has 2 aromatic carbocycles. The van der Waals surface area contributed by atoms with Crippen molar-refractivity contribution in [1.82, 2.24) is 10.2 Å². The average Bonchev–Trinajstić information content (AvgIpc) is 2.83. The molecule has 1 saturated carbocycles. The van der Waals surface area contributed by atoms with Crippen molar-refractivity contribution in [2.45, 2.75) is 25.3 Å². The molecule has 24 heavy (non-hydrogen) atoms. The third-order valence-corrected chi connectivity index (χ3v) is 5.74. The second kappa shape index (κ2) is 6.44. The molecule has 2 unspecified atom stereocenters. The number of rotatable bonds is 3. The Bertz CT molecular complexity index is 725. The fourth-order valence-corrected chi connectivity index (χ4v) is 4.36. The number of hydrogen-bond donors (Lipinski definition) is 2. The third kappa shape index (κ3) is 2.86. The van der Waals surface area contributed by atoms with E-state index in [1.807, 2.05) is 4.90 Å². The Balaban J connectivity index is 1.35. The topological polar surface area (TPSA) is 58.4 Å². The van der Waals surface area contributed by atoms with Gasteiger partial charge in [0, 0.05) is 25.7 Å². The van der Waals surface area contributed by atoms with Gasteiger partial charge in [0.25, 0.3) is 0 Å². The molecular weight excluding hydrogens is 298 g/mol. The predicted octanol–water partition coefficient (Wildman–Crippen LogP) is 2.76. The minimum atomic E-state index is 0.0686. The van der Waals surface area contributed by atoms with Crippen LogP contribution in [0.5, 0.6) is 0 Å². The van der Waals surface area contributed by atoms with Gasteiger partial charge in [0.1, 0.15) is 0 Å². The van der Waals surface area contributed by atoms with Crippen LogP contribution in [-0.4, -0.2) is 36.6 Å². The average molecular weight is 323 g/mol. The zero-order valence-corrected chi connectivity index (χ0v) is 13.9. The summed E-state index contributed by atoms with van der Waals surface area (Å²) in [5.74, 6) is 0.986. The Morgan fingerprint density at radius 2 is 1.79 bits per heavy atom. The van der Waals surface area contributed by atoms with Crippen molar-refractivity contribution in [3.63, 3.8) is 0 Å². The first kappa shape index (κ1) is 15.5. The number of nitrogens with zero attached hydrogens (tertiary/aromatic N) is 1. The van der Waals surface area contributed by atoms with Crippen LogP contribution in [-0.2, 0) is 6.42 Å².